The molecule has 2 aliphatic carbocycles. The van der Waals surface area contributed by atoms with E-state index >= 15 is 0 Å². The monoisotopic (exact) mass is 251 g/mol. The Morgan fingerprint density at radius 3 is 2.44 bits per heavy atom. The van der Waals surface area contributed by atoms with Crippen LogP contribution in [-0.2, 0) is 6.42 Å². The Morgan fingerprint density at radius 2 is 1.83 bits per heavy atom. The van der Waals surface area contributed by atoms with Crippen LogP contribution >= 0.6 is 0 Å². The maximum atomic E-state index is 13.0. The van der Waals surface area contributed by atoms with Crippen LogP contribution in [0.3, 0.4) is 0 Å². The number of fused-ring (bicyclic) bond motifs is 2. The average Bonchev–Trinajstić information content (AvgIpc) is 2.89. The molecule has 3 heteroatoms. The summed E-state index contributed by atoms with van der Waals surface area (Å²) in [7, 11) is 0. The number of halogens is 2. The first-order valence-corrected chi connectivity index (χ1v) is 6.89. The van der Waals surface area contributed by atoms with E-state index in [1.807, 2.05) is 0 Å². The Morgan fingerprint density at radius 1 is 1.06 bits per heavy atom. The van der Waals surface area contributed by atoms with Gasteiger partial charge in [0.05, 0.1) is 0 Å². The van der Waals surface area contributed by atoms with Gasteiger partial charge >= 0.3 is 0 Å². The zero-order valence-electron chi connectivity index (χ0n) is 10.5. The van der Waals surface area contributed by atoms with E-state index in [4.69, 9.17) is 0 Å². The van der Waals surface area contributed by atoms with Gasteiger partial charge in [0, 0.05) is 12.1 Å². The van der Waals surface area contributed by atoms with Crippen LogP contribution in [0.25, 0.3) is 0 Å². The molecule has 2 saturated carbocycles. The van der Waals surface area contributed by atoms with Gasteiger partial charge in [0.2, 0.25) is 0 Å². The van der Waals surface area contributed by atoms with Crippen LogP contribution in [0.5, 0.6) is 0 Å². The first kappa shape index (κ1) is 12.1. The van der Waals surface area contributed by atoms with Crippen molar-refractivity contribution in [2.45, 2.75) is 38.1 Å². The third-order valence-electron chi connectivity index (χ3n) is 4.48. The van der Waals surface area contributed by atoms with Crippen LogP contribution in [0.2, 0.25) is 0 Å². The van der Waals surface area contributed by atoms with Gasteiger partial charge < -0.3 is 5.32 Å². The van der Waals surface area contributed by atoms with Crippen molar-refractivity contribution in [3.8, 4) is 0 Å². The zero-order valence-corrected chi connectivity index (χ0v) is 10.5. The second-order valence-electron chi connectivity index (χ2n) is 5.76. The molecule has 2 aliphatic rings. The van der Waals surface area contributed by atoms with Crippen molar-refractivity contribution >= 4 is 0 Å². The number of hydrogen-bond donors (Lipinski definition) is 1. The van der Waals surface area contributed by atoms with Crippen molar-refractivity contribution < 1.29 is 8.78 Å². The first-order valence-electron chi connectivity index (χ1n) is 6.89. The molecular weight excluding hydrogens is 232 g/mol. The van der Waals surface area contributed by atoms with Crippen molar-refractivity contribution in [3.05, 3.63) is 35.4 Å². The van der Waals surface area contributed by atoms with Crippen LogP contribution in [0, 0.1) is 23.5 Å². The summed E-state index contributed by atoms with van der Waals surface area (Å²) in [6.07, 6.45) is 6.13. The molecule has 3 unspecified atom stereocenters. The molecule has 1 N–H and O–H groups in total. The Balaban J connectivity index is 1.49. The fraction of sp³-hybridized carbons (Fsp3) is 0.600. The molecule has 0 radical (unpaired) electrons. The summed E-state index contributed by atoms with van der Waals surface area (Å²) in [5.74, 6) is 0.813. The molecule has 18 heavy (non-hydrogen) atoms. The van der Waals surface area contributed by atoms with Gasteiger partial charge in [-0.15, -0.1) is 0 Å². The van der Waals surface area contributed by atoms with Gasteiger partial charge in [-0.1, -0.05) is 6.42 Å². The van der Waals surface area contributed by atoms with E-state index in [1.165, 1.54) is 37.8 Å². The molecule has 3 rings (SSSR count). The maximum absolute atomic E-state index is 13.0. The number of rotatable bonds is 4. The molecule has 3 atom stereocenters. The largest absolute Gasteiger partial charge is 0.313 e. The van der Waals surface area contributed by atoms with Gasteiger partial charge in [-0.3, -0.25) is 0 Å². The van der Waals surface area contributed by atoms with Crippen molar-refractivity contribution in [3.63, 3.8) is 0 Å². The van der Waals surface area contributed by atoms with Gasteiger partial charge in [0.15, 0.2) is 0 Å². The number of nitrogens with one attached hydrogen (secondary N) is 1. The number of benzene rings is 1. The maximum Gasteiger partial charge on any atom is 0.126 e. The van der Waals surface area contributed by atoms with Crippen molar-refractivity contribution in [1.29, 1.82) is 0 Å². The summed E-state index contributed by atoms with van der Waals surface area (Å²) in [4.78, 5) is 0. The van der Waals surface area contributed by atoms with Crippen LogP contribution in [-0.4, -0.2) is 12.6 Å². The summed E-state index contributed by atoms with van der Waals surface area (Å²) in [6, 6.07) is 4.41. The topological polar surface area (TPSA) is 12.0 Å². The minimum atomic E-state index is -0.482. The first-order chi connectivity index (χ1) is 8.70. The highest BCUT2D eigenvalue weighted by atomic mass is 19.1. The Bertz CT molecular complexity index is 412. The molecule has 1 nitrogen and oxygen atoms in total. The second-order valence-corrected chi connectivity index (χ2v) is 5.76. The quantitative estimate of drug-likeness (QED) is 0.866. The molecule has 0 aliphatic heterocycles. The van der Waals surface area contributed by atoms with E-state index in [0.29, 0.717) is 12.5 Å². The van der Waals surface area contributed by atoms with E-state index in [0.717, 1.165) is 30.0 Å². The second kappa shape index (κ2) is 4.96. The van der Waals surface area contributed by atoms with Gasteiger partial charge in [-0.05, 0) is 61.8 Å². The Kier molecular flexibility index (Phi) is 3.33. The van der Waals surface area contributed by atoms with Crippen molar-refractivity contribution in [2.24, 2.45) is 11.8 Å². The lowest BCUT2D eigenvalue weighted by Crippen LogP contribution is -2.35. The summed E-state index contributed by atoms with van der Waals surface area (Å²) >= 11 is 0. The SMILES string of the molecule is Fc1cc(F)cc(CCNC2CC3CCC2C3)c1. The molecule has 0 heterocycles. The summed E-state index contributed by atoms with van der Waals surface area (Å²) < 4.78 is 26.0. The summed E-state index contributed by atoms with van der Waals surface area (Å²) in [6.45, 7) is 0.816. The third-order valence-corrected chi connectivity index (χ3v) is 4.48. The van der Waals surface area contributed by atoms with E-state index < -0.39 is 11.6 Å². The van der Waals surface area contributed by atoms with Crippen LogP contribution in [0.15, 0.2) is 18.2 Å². The van der Waals surface area contributed by atoms with Gasteiger partial charge in [-0.2, -0.15) is 0 Å². The highest BCUT2D eigenvalue weighted by Crippen LogP contribution is 2.44. The predicted molar refractivity (Wildman–Crippen MR) is 67.3 cm³/mol. The Hall–Kier alpha value is -0.960. The molecule has 1 aromatic rings. The summed E-state index contributed by atoms with van der Waals surface area (Å²) in [5, 5.41) is 3.56. The van der Waals surface area contributed by atoms with E-state index in [9.17, 15) is 8.78 Å². The fourth-order valence-corrected chi connectivity index (χ4v) is 3.65. The lowest BCUT2D eigenvalue weighted by atomic mass is 9.95. The van der Waals surface area contributed by atoms with Crippen molar-refractivity contribution in [1.82, 2.24) is 5.32 Å². The normalized spacial score (nSPS) is 30.0. The molecule has 0 spiro atoms. The van der Waals surface area contributed by atoms with Gasteiger partial charge in [0.25, 0.3) is 0 Å². The lowest BCUT2D eigenvalue weighted by Gasteiger charge is -2.22. The molecule has 2 bridgehead atoms. The lowest BCUT2D eigenvalue weighted by molar-refractivity contribution is 0.354. The van der Waals surface area contributed by atoms with Crippen molar-refractivity contribution in [2.75, 3.05) is 6.54 Å². The van der Waals surface area contributed by atoms with E-state index in [1.54, 1.807) is 0 Å². The molecule has 0 saturated heterocycles. The highest BCUT2D eigenvalue weighted by Gasteiger charge is 2.38. The molecule has 2 fully saturated rings. The standard InChI is InChI=1S/C15H19F2N/c16-13-6-11(7-14(17)9-13)3-4-18-15-8-10-1-2-12(15)5-10/h6-7,9-10,12,15,18H,1-5,8H2. The van der Waals surface area contributed by atoms with Gasteiger partial charge in [0.1, 0.15) is 11.6 Å². The predicted octanol–water partition coefficient (Wildman–Crippen LogP) is 3.29. The number of hydrogen-bond acceptors (Lipinski definition) is 1. The molecule has 98 valence electrons. The summed E-state index contributed by atoms with van der Waals surface area (Å²) in [5.41, 5.74) is 0.739. The van der Waals surface area contributed by atoms with Crippen LogP contribution in [0.4, 0.5) is 8.78 Å². The highest BCUT2D eigenvalue weighted by molar-refractivity contribution is 5.18. The minimum Gasteiger partial charge on any atom is -0.313 e. The molecule has 1 aromatic carbocycles. The van der Waals surface area contributed by atoms with Crippen LogP contribution in [0.1, 0.15) is 31.2 Å². The minimum absolute atomic E-state index is 0.482. The molecule has 0 amide bonds. The third kappa shape index (κ3) is 2.56. The molecular formula is C15H19F2N. The van der Waals surface area contributed by atoms with Gasteiger partial charge in [-0.25, -0.2) is 8.78 Å². The Labute approximate surface area is 107 Å². The fourth-order valence-electron chi connectivity index (χ4n) is 3.65. The smallest absolute Gasteiger partial charge is 0.126 e. The van der Waals surface area contributed by atoms with E-state index in [-0.39, 0.29) is 0 Å². The van der Waals surface area contributed by atoms with Crippen LogP contribution < -0.4 is 5.32 Å². The molecule has 0 aromatic heterocycles. The van der Waals surface area contributed by atoms with E-state index in [2.05, 4.69) is 5.32 Å². The zero-order chi connectivity index (χ0) is 12.5. The average molecular weight is 251 g/mol.